The minimum Gasteiger partial charge on any atom is -0.441 e. The van der Waals surface area contributed by atoms with Gasteiger partial charge in [-0.3, -0.25) is 4.57 Å². The van der Waals surface area contributed by atoms with Crippen LogP contribution in [-0.4, -0.2) is 15.8 Å². The summed E-state index contributed by atoms with van der Waals surface area (Å²) in [5, 5.41) is 0. The van der Waals surface area contributed by atoms with Crippen LogP contribution in [0.3, 0.4) is 0 Å². The Morgan fingerprint density at radius 2 is 2.07 bits per heavy atom. The molecule has 80 valence electrons. The van der Waals surface area contributed by atoms with Gasteiger partial charge in [0, 0.05) is 5.56 Å². The predicted octanol–water partition coefficient (Wildman–Crippen LogP) is 1.17. The van der Waals surface area contributed by atoms with Crippen molar-refractivity contribution >= 4 is 13.6 Å². The maximum Gasteiger partial charge on any atom is 0.370 e. The molecule has 1 aliphatic heterocycles. The number of esters is 1. The van der Waals surface area contributed by atoms with E-state index < -0.39 is 25.2 Å². The molecule has 0 fully saturated rings. The molecule has 1 unspecified atom stereocenters. The first-order valence-electron chi connectivity index (χ1n) is 3.95. The Morgan fingerprint density at radius 1 is 1.40 bits per heavy atom. The van der Waals surface area contributed by atoms with Gasteiger partial charge in [0.05, 0.1) is 5.56 Å². The Bertz CT molecular complexity index is 480. The molecule has 2 rings (SSSR count). The summed E-state index contributed by atoms with van der Waals surface area (Å²) < 4.78 is 28.3. The smallest absolute Gasteiger partial charge is 0.370 e. The topological polar surface area (TPSA) is 83.8 Å². The van der Waals surface area contributed by atoms with Crippen molar-refractivity contribution in [2.75, 3.05) is 0 Å². The van der Waals surface area contributed by atoms with Crippen LogP contribution in [0.1, 0.15) is 21.8 Å². The van der Waals surface area contributed by atoms with Crippen molar-refractivity contribution in [1.82, 2.24) is 0 Å². The number of hydrogen-bond donors (Lipinski definition) is 2. The third kappa shape index (κ3) is 1.67. The van der Waals surface area contributed by atoms with E-state index >= 15 is 0 Å². The van der Waals surface area contributed by atoms with Crippen molar-refractivity contribution in [2.24, 2.45) is 0 Å². The molecule has 1 heterocycles. The first-order chi connectivity index (χ1) is 6.89. The Kier molecular flexibility index (Phi) is 2.15. The average molecular weight is 232 g/mol. The van der Waals surface area contributed by atoms with Crippen molar-refractivity contribution in [3.63, 3.8) is 0 Å². The van der Waals surface area contributed by atoms with E-state index in [0.717, 1.165) is 18.2 Å². The Hall–Kier alpha value is -1.23. The fraction of sp³-hybridized carbons (Fsp3) is 0.125. The quantitative estimate of drug-likeness (QED) is 0.560. The Balaban J connectivity index is 2.58. The van der Waals surface area contributed by atoms with Crippen LogP contribution in [0.5, 0.6) is 0 Å². The summed E-state index contributed by atoms with van der Waals surface area (Å²) in [6, 6.07) is 3.06. The number of cyclic esters (lactones) is 1. The third-order valence-corrected chi connectivity index (χ3v) is 3.02. The van der Waals surface area contributed by atoms with Gasteiger partial charge in [-0.2, -0.15) is 0 Å². The molecule has 0 bridgehead atoms. The monoisotopic (exact) mass is 232 g/mol. The number of ether oxygens (including phenoxy) is 1. The van der Waals surface area contributed by atoms with E-state index in [2.05, 4.69) is 4.74 Å². The van der Waals surface area contributed by atoms with Crippen LogP contribution in [0, 0.1) is 5.82 Å². The molecular weight excluding hydrogens is 226 g/mol. The van der Waals surface area contributed by atoms with Crippen LogP contribution < -0.4 is 0 Å². The standard InChI is InChI=1S/C8H6FO5P/c9-4-1-2-5-6(3-4)8(14-7(5)10)15(11,12)13/h1-3,8H,(H2,11,12,13). The molecule has 7 heteroatoms. The second-order valence-electron chi connectivity index (χ2n) is 3.08. The van der Waals surface area contributed by atoms with Crippen LogP contribution in [0.4, 0.5) is 4.39 Å². The molecule has 1 atom stereocenters. The van der Waals surface area contributed by atoms with Crippen molar-refractivity contribution < 1.29 is 28.3 Å². The van der Waals surface area contributed by atoms with Crippen LogP contribution in [0.2, 0.25) is 0 Å². The van der Waals surface area contributed by atoms with E-state index in [1.165, 1.54) is 0 Å². The number of rotatable bonds is 1. The lowest BCUT2D eigenvalue weighted by molar-refractivity contribution is 0.0471. The highest BCUT2D eigenvalue weighted by atomic mass is 31.2. The van der Waals surface area contributed by atoms with Gasteiger partial charge in [0.1, 0.15) is 5.82 Å². The molecule has 0 radical (unpaired) electrons. The highest BCUT2D eigenvalue weighted by Gasteiger charge is 2.42. The van der Waals surface area contributed by atoms with E-state index in [4.69, 9.17) is 9.79 Å². The van der Waals surface area contributed by atoms with Gasteiger partial charge in [-0.25, -0.2) is 9.18 Å². The van der Waals surface area contributed by atoms with Crippen molar-refractivity contribution in [1.29, 1.82) is 0 Å². The summed E-state index contributed by atoms with van der Waals surface area (Å²) in [5.74, 6) is -3.21. The van der Waals surface area contributed by atoms with Crippen LogP contribution in [-0.2, 0) is 9.30 Å². The first-order valence-corrected chi connectivity index (χ1v) is 5.63. The fourth-order valence-corrected chi connectivity index (χ4v) is 2.21. The number of benzene rings is 1. The summed E-state index contributed by atoms with van der Waals surface area (Å²) in [6.07, 6.45) is 0. The van der Waals surface area contributed by atoms with Gasteiger partial charge in [0.2, 0.25) is 5.85 Å². The summed E-state index contributed by atoms with van der Waals surface area (Å²) in [5.41, 5.74) is -0.113. The molecular formula is C8H6FO5P. The van der Waals surface area contributed by atoms with E-state index in [1.54, 1.807) is 0 Å². The fourth-order valence-electron chi connectivity index (χ4n) is 1.40. The minimum atomic E-state index is -4.61. The lowest BCUT2D eigenvalue weighted by atomic mass is 10.1. The summed E-state index contributed by atoms with van der Waals surface area (Å²) in [7, 11) is -4.61. The van der Waals surface area contributed by atoms with Gasteiger partial charge in [-0.15, -0.1) is 0 Å². The molecule has 0 saturated heterocycles. The molecule has 5 nitrogen and oxygen atoms in total. The summed E-state index contributed by atoms with van der Waals surface area (Å²) in [4.78, 5) is 28.9. The SMILES string of the molecule is O=C1OC(P(=O)(O)O)c2cc(F)ccc21. The minimum absolute atomic E-state index is 0.00951. The molecule has 0 aromatic heterocycles. The van der Waals surface area contributed by atoms with Gasteiger partial charge in [0.15, 0.2) is 0 Å². The van der Waals surface area contributed by atoms with Gasteiger partial charge in [-0.05, 0) is 18.2 Å². The third-order valence-electron chi connectivity index (χ3n) is 2.02. The van der Waals surface area contributed by atoms with Gasteiger partial charge in [-0.1, -0.05) is 0 Å². The number of carbonyl (C=O) groups excluding carboxylic acids is 1. The second kappa shape index (κ2) is 3.13. The van der Waals surface area contributed by atoms with E-state index in [0.29, 0.717) is 0 Å². The zero-order valence-corrected chi connectivity index (χ0v) is 8.15. The Morgan fingerprint density at radius 3 is 2.67 bits per heavy atom. The molecule has 1 aliphatic rings. The maximum absolute atomic E-state index is 12.8. The Labute approximate surface area is 83.6 Å². The van der Waals surface area contributed by atoms with E-state index in [1.807, 2.05) is 0 Å². The second-order valence-corrected chi connectivity index (χ2v) is 4.73. The molecule has 0 amide bonds. The van der Waals surface area contributed by atoms with E-state index in [9.17, 15) is 13.8 Å². The molecule has 1 aromatic carbocycles. The largest absolute Gasteiger partial charge is 0.441 e. The van der Waals surface area contributed by atoms with Crippen molar-refractivity contribution in [2.45, 2.75) is 5.85 Å². The zero-order chi connectivity index (χ0) is 11.2. The van der Waals surface area contributed by atoms with Crippen molar-refractivity contribution in [3.8, 4) is 0 Å². The summed E-state index contributed by atoms with van der Waals surface area (Å²) in [6.45, 7) is 0. The van der Waals surface area contributed by atoms with Gasteiger partial charge in [0.25, 0.3) is 0 Å². The van der Waals surface area contributed by atoms with Gasteiger partial charge >= 0.3 is 13.6 Å². The highest BCUT2D eigenvalue weighted by Crippen LogP contribution is 2.56. The lowest BCUT2D eigenvalue weighted by Gasteiger charge is -2.11. The molecule has 1 aromatic rings. The number of hydrogen-bond acceptors (Lipinski definition) is 3. The van der Waals surface area contributed by atoms with E-state index in [-0.39, 0.29) is 11.1 Å². The first kappa shape index (κ1) is 10.3. The average Bonchev–Trinajstić information content (AvgIpc) is 2.42. The maximum atomic E-state index is 12.8. The molecule has 0 aliphatic carbocycles. The number of halogens is 1. The predicted molar refractivity (Wildman–Crippen MR) is 46.6 cm³/mol. The van der Waals surface area contributed by atoms with Crippen molar-refractivity contribution in [3.05, 3.63) is 35.1 Å². The molecule has 0 saturated carbocycles. The molecule has 15 heavy (non-hydrogen) atoms. The number of fused-ring (bicyclic) bond motifs is 1. The normalized spacial score (nSPS) is 19.9. The van der Waals surface area contributed by atoms with Crippen LogP contribution in [0.15, 0.2) is 18.2 Å². The zero-order valence-electron chi connectivity index (χ0n) is 7.25. The lowest BCUT2D eigenvalue weighted by Crippen LogP contribution is -1.99. The van der Waals surface area contributed by atoms with Crippen LogP contribution >= 0.6 is 7.60 Å². The van der Waals surface area contributed by atoms with Gasteiger partial charge < -0.3 is 14.5 Å². The molecule has 0 spiro atoms. The molecule has 2 N–H and O–H groups in total. The highest BCUT2D eigenvalue weighted by molar-refractivity contribution is 7.52. The number of carbonyl (C=O) groups is 1. The van der Waals surface area contributed by atoms with Crippen LogP contribution in [0.25, 0.3) is 0 Å². The summed E-state index contributed by atoms with van der Waals surface area (Å²) >= 11 is 0.